The Morgan fingerprint density at radius 3 is 2.81 bits per heavy atom. The van der Waals surface area contributed by atoms with E-state index in [1.165, 1.54) is 6.07 Å². The van der Waals surface area contributed by atoms with E-state index in [9.17, 15) is 9.18 Å². The molecule has 1 aliphatic rings. The summed E-state index contributed by atoms with van der Waals surface area (Å²) in [6.07, 6.45) is 0. The molecule has 1 aromatic rings. The van der Waals surface area contributed by atoms with Gasteiger partial charge in [-0.05, 0) is 21.0 Å². The minimum Gasteiger partial charge on any atom is -0.336 e. The number of hydrogen-bond donors (Lipinski definition) is 1. The molecule has 6 heteroatoms. The highest BCUT2D eigenvalue weighted by atomic mass is 19.1. The van der Waals surface area contributed by atoms with Crippen LogP contribution in [0.3, 0.4) is 0 Å². The van der Waals surface area contributed by atoms with Gasteiger partial charge in [-0.1, -0.05) is 13.8 Å². The van der Waals surface area contributed by atoms with Gasteiger partial charge in [-0.15, -0.1) is 0 Å². The highest BCUT2D eigenvalue weighted by molar-refractivity contribution is 5.94. The molecule has 21 heavy (non-hydrogen) atoms. The molecule has 0 radical (unpaired) electrons. The van der Waals surface area contributed by atoms with E-state index in [1.54, 1.807) is 11.8 Å². The highest BCUT2D eigenvalue weighted by Gasteiger charge is 2.40. The van der Waals surface area contributed by atoms with Crippen LogP contribution in [0.4, 0.5) is 14.9 Å². The van der Waals surface area contributed by atoms with E-state index in [2.05, 4.69) is 10.3 Å². The molecule has 0 atom stereocenters. The van der Waals surface area contributed by atoms with Crippen molar-refractivity contribution in [2.45, 2.75) is 26.2 Å². The summed E-state index contributed by atoms with van der Waals surface area (Å²) in [5, 5.41) is 2.86. The number of carbonyl (C=O) groups excluding carboxylic acids is 1. The SMILES string of the molecule is Cc1nc2c(cc1F)N(C(=O)NCCN(C)C)CC2(C)C. The summed E-state index contributed by atoms with van der Waals surface area (Å²) < 4.78 is 13.8. The molecule has 1 aromatic heterocycles. The van der Waals surface area contributed by atoms with Crippen molar-refractivity contribution in [1.29, 1.82) is 0 Å². The van der Waals surface area contributed by atoms with Crippen molar-refractivity contribution >= 4 is 11.7 Å². The molecule has 0 saturated carbocycles. The maximum absolute atomic E-state index is 13.8. The third kappa shape index (κ3) is 3.15. The van der Waals surface area contributed by atoms with Gasteiger partial charge in [0.25, 0.3) is 0 Å². The first kappa shape index (κ1) is 15.7. The number of carbonyl (C=O) groups is 1. The second-order valence-corrected chi connectivity index (χ2v) is 6.43. The van der Waals surface area contributed by atoms with Gasteiger partial charge in [-0.2, -0.15) is 0 Å². The van der Waals surface area contributed by atoms with Crippen molar-refractivity contribution in [2.24, 2.45) is 0 Å². The van der Waals surface area contributed by atoms with Gasteiger partial charge >= 0.3 is 6.03 Å². The van der Waals surface area contributed by atoms with Crippen molar-refractivity contribution in [2.75, 3.05) is 38.6 Å². The van der Waals surface area contributed by atoms with Crippen LogP contribution in [0.5, 0.6) is 0 Å². The van der Waals surface area contributed by atoms with Crippen LogP contribution in [0.15, 0.2) is 6.07 Å². The minimum absolute atomic E-state index is 0.200. The number of nitrogens with zero attached hydrogens (tertiary/aromatic N) is 3. The molecule has 0 aliphatic carbocycles. The number of pyridine rings is 1. The van der Waals surface area contributed by atoms with Gasteiger partial charge in [0.15, 0.2) is 0 Å². The molecule has 0 unspecified atom stereocenters. The number of hydrogen-bond acceptors (Lipinski definition) is 3. The van der Waals surface area contributed by atoms with Crippen LogP contribution >= 0.6 is 0 Å². The summed E-state index contributed by atoms with van der Waals surface area (Å²) in [5.41, 5.74) is 1.46. The number of aromatic nitrogens is 1. The van der Waals surface area contributed by atoms with Crippen LogP contribution in [0.2, 0.25) is 0 Å². The van der Waals surface area contributed by atoms with Gasteiger partial charge in [-0.25, -0.2) is 9.18 Å². The van der Waals surface area contributed by atoms with Crippen molar-refractivity contribution < 1.29 is 9.18 Å². The zero-order valence-electron chi connectivity index (χ0n) is 13.3. The van der Waals surface area contributed by atoms with Crippen LogP contribution in [0.25, 0.3) is 0 Å². The Hall–Kier alpha value is -1.69. The summed E-state index contributed by atoms with van der Waals surface area (Å²) >= 11 is 0. The molecule has 5 nitrogen and oxygen atoms in total. The molecule has 1 N–H and O–H groups in total. The monoisotopic (exact) mass is 294 g/mol. The third-order valence-electron chi connectivity index (χ3n) is 3.70. The first-order valence-corrected chi connectivity index (χ1v) is 7.10. The van der Waals surface area contributed by atoms with Crippen LogP contribution in [0, 0.1) is 12.7 Å². The van der Waals surface area contributed by atoms with Gasteiger partial charge in [-0.3, -0.25) is 9.88 Å². The number of anilines is 1. The molecule has 2 amide bonds. The van der Waals surface area contributed by atoms with Crippen LogP contribution < -0.4 is 10.2 Å². The molecular formula is C15H23FN4O. The molecule has 0 bridgehead atoms. The first-order valence-electron chi connectivity index (χ1n) is 7.10. The second kappa shape index (κ2) is 5.60. The molecule has 0 saturated heterocycles. The minimum atomic E-state index is -0.377. The molecule has 1 aliphatic heterocycles. The number of nitrogens with one attached hydrogen (secondary N) is 1. The zero-order chi connectivity index (χ0) is 15.8. The Balaban J connectivity index is 2.21. The van der Waals surface area contributed by atoms with Crippen molar-refractivity contribution in [3.05, 3.63) is 23.3 Å². The van der Waals surface area contributed by atoms with Gasteiger partial charge in [0.1, 0.15) is 5.82 Å². The van der Waals surface area contributed by atoms with Crippen molar-refractivity contribution in [3.63, 3.8) is 0 Å². The zero-order valence-corrected chi connectivity index (χ0v) is 13.3. The average Bonchev–Trinajstić information content (AvgIpc) is 2.62. The van der Waals surface area contributed by atoms with E-state index < -0.39 is 0 Å². The Bertz CT molecular complexity index is 557. The highest BCUT2D eigenvalue weighted by Crippen LogP contribution is 2.39. The quantitative estimate of drug-likeness (QED) is 0.926. The van der Waals surface area contributed by atoms with Gasteiger partial charge < -0.3 is 10.2 Å². The predicted molar refractivity (Wildman–Crippen MR) is 81.3 cm³/mol. The standard InChI is InChI=1S/C15H23FN4O/c1-10-11(16)8-12-13(18-10)15(2,3)9-20(12)14(21)17-6-7-19(4)5/h8H,6-7,9H2,1-5H3,(H,17,21). The molecular weight excluding hydrogens is 271 g/mol. The fraction of sp³-hybridized carbons (Fsp3) is 0.600. The summed E-state index contributed by atoms with van der Waals surface area (Å²) in [6, 6.07) is 1.21. The Labute approximate surface area is 125 Å². The fourth-order valence-electron chi connectivity index (χ4n) is 2.49. The van der Waals surface area contributed by atoms with E-state index in [0.717, 1.165) is 12.2 Å². The number of urea groups is 1. The smallest absolute Gasteiger partial charge is 0.322 e. The van der Waals surface area contributed by atoms with E-state index in [-0.39, 0.29) is 17.3 Å². The van der Waals surface area contributed by atoms with E-state index in [4.69, 9.17) is 0 Å². The molecule has 0 spiro atoms. The van der Waals surface area contributed by atoms with Gasteiger partial charge in [0.05, 0.1) is 17.1 Å². The number of rotatable bonds is 3. The Morgan fingerprint density at radius 1 is 1.52 bits per heavy atom. The first-order chi connectivity index (χ1) is 9.72. The predicted octanol–water partition coefficient (Wildman–Crippen LogP) is 1.90. The summed E-state index contributed by atoms with van der Waals surface area (Å²) in [5.74, 6) is -0.377. The normalized spacial score (nSPS) is 16.2. The lowest BCUT2D eigenvalue weighted by molar-refractivity contribution is 0.244. The number of aryl methyl sites for hydroxylation is 1. The number of halogens is 1. The summed E-state index contributed by atoms with van der Waals surface area (Å²) in [4.78, 5) is 20.2. The third-order valence-corrected chi connectivity index (χ3v) is 3.70. The van der Waals surface area contributed by atoms with E-state index in [1.807, 2.05) is 32.8 Å². The summed E-state index contributed by atoms with van der Waals surface area (Å²) in [6.45, 7) is 7.50. The Morgan fingerprint density at radius 2 is 2.19 bits per heavy atom. The lowest BCUT2D eigenvalue weighted by atomic mass is 9.91. The summed E-state index contributed by atoms with van der Waals surface area (Å²) in [7, 11) is 3.89. The van der Waals surface area contributed by atoms with Crippen molar-refractivity contribution in [1.82, 2.24) is 15.2 Å². The van der Waals surface area contributed by atoms with Crippen LogP contribution in [0.1, 0.15) is 25.2 Å². The molecule has 0 fully saturated rings. The maximum Gasteiger partial charge on any atom is 0.322 e. The number of likely N-dealkylation sites (N-methyl/N-ethyl adjacent to an activating group) is 1. The van der Waals surface area contributed by atoms with Crippen LogP contribution in [-0.2, 0) is 5.41 Å². The second-order valence-electron chi connectivity index (χ2n) is 6.43. The lowest BCUT2D eigenvalue weighted by Crippen LogP contribution is -2.43. The topological polar surface area (TPSA) is 48.5 Å². The number of amides is 2. The average molecular weight is 294 g/mol. The molecule has 0 aromatic carbocycles. The Kier molecular flexibility index (Phi) is 4.18. The molecule has 116 valence electrons. The van der Waals surface area contributed by atoms with E-state index >= 15 is 0 Å². The maximum atomic E-state index is 13.8. The fourth-order valence-corrected chi connectivity index (χ4v) is 2.49. The molecule has 2 heterocycles. The largest absolute Gasteiger partial charge is 0.336 e. The van der Waals surface area contributed by atoms with Gasteiger partial charge in [0.2, 0.25) is 0 Å². The van der Waals surface area contributed by atoms with Crippen molar-refractivity contribution in [3.8, 4) is 0 Å². The lowest BCUT2D eigenvalue weighted by Gasteiger charge is -2.21. The van der Waals surface area contributed by atoms with E-state index in [0.29, 0.717) is 24.5 Å². The number of fused-ring (bicyclic) bond motifs is 1. The van der Waals surface area contributed by atoms with Gasteiger partial charge in [0, 0.05) is 31.1 Å². The van der Waals surface area contributed by atoms with Crippen LogP contribution in [-0.4, -0.2) is 49.6 Å². The molecule has 2 rings (SSSR count).